The molecule has 0 saturated carbocycles. The number of hydrogen-bond donors (Lipinski definition) is 2. The molecule has 0 bridgehead atoms. The fourth-order valence-electron chi connectivity index (χ4n) is 1.30. The molecule has 0 amide bonds. The van der Waals surface area contributed by atoms with Crippen LogP contribution in [0.5, 0.6) is 0 Å². The summed E-state index contributed by atoms with van der Waals surface area (Å²) in [5.41, 5.74) is 10.7. The summed E-state index contributed by atoms with van der Waals surface area (Å²) in [6.45, 7) is 0. The average molecular weight is 239 g/mol. The minimum atomic E-state index is -3.83. The van der Waals surface area contributed by atoms with Gasteiger partial charge in [-0.05, 0) is 24.3 Å². The molecule has 0 aliphatic heterocycles. The van der Waals surface area contributed by atoms with E-state index in [4.69, 9.17) is 15.9 Å². The Morgan fingerprint density at radius 1 is 1.25 bits per heavy atom. The SMILES string of the molecule is NC(N)=NS(=O)(=O)c1ccc2occc2c1. The molecular weight excluding hydrogens is 230 g/mol. The summed E-state index contributed by atoms with van der Waals surface area (Å²) in [7, 11) is -3.83. The molecule has 0 aliphatic carbocycles. The van der Waals surface area contributed by atoms with Crippen LogP contribution in [-0.2, 0) is 10.0 Å². The van der Waals surface area contributed by atoms with Crippen LogP contribution >= 0.6 is 0 Å². The molecule has 2 aromatic rings. The first kappa shape index (κ1) is 10.5. The van der Waals surface area contributed by atoms with Crippen LogP contribution in [0.2, 0.25) is 0 Å². The molecule has 4 N–H and O–H groups in total. The number of hydrogen-bond acceptors (Lipinski definition) is 3. The zero-order valence-corrected chi connectivity index (χ0v) is 8.94. The van der Waals surface area contributed by atoms with Gasteiger partial charge in [-0.15, -0.1) is 4.40 Å². The molecule has 7 heteroatoms. The number of rotatable bonds is 2. The van der Waals surface area contributed by atoms with Gasteiger partial charge in [0.2, 0.25) is 5.96 Å². The lowest BCUT2D eigenvalue weighted by atomic mass is 10.3. The van der Waals surface area contributed by atoms with Gasteiger partial charge >= 0.3 is 0 Å². The lowest BCUT2D eigenvalue weighted by Crippen LogP contribution is -2.24. The zero-order valence-electron chi connectivity index (χ0n) is 8.12. The number of furan rings is 1. The minimum absolute atomic E-state index is 0.0230. The van der Waals surface area contributed by atoms with Gasteiger partial charge in [-0.25, -0.2) is 0 Å². The van der Waals surface area contributed by atoms with E-state index in [0.29, 0.717) is 11.0 Å². The summed E-state index contributed by atoms with van der Waals surface area (Å²) in [4.78, 5) is 0.0230. The van der Waals surface area contributed by atoms with E-state index in [1.54, 1.807) is 12.1 Å². The second-order valence-corrected chi connectivity index (χ2v) is 4.72. The number of sulfonamides is 1. The molecule has 0 unspecified atom stereocenters. The van der Waals surface area contributed by atoms with E-state index in [1.165, 1.54) is 18.4 Å². The van der Waals surface area contributed by atoms with Crippen LogP contribution in [0, 0.1) is 0 Å². The first-order valence-corrected chi connectivity index (χ1v) is 5.76. The molecular formula is C9H9N3O3S. The van der Waals surface area contributed by atoms with Gasteiger partial charge in [-0.3, -0.25) is 0 Å². The van der Waals surface area contributed by atoms with Gasteiger partial charge < -0.3 is 15.9 Å². The first-order valence-electron chi connectivity index (χ1n) is 4.32. The quantitative estimate of drug-likeness (QED) is 0.581. The van der Waals surface area contributed by atoms with Crippen LogP contribution in [0.4, 0.5) is 0 Å². The molecule has 84 valence electrons. The molecule has 1 heterocycles. The fraction of sp³-hybridized carbons (Fsp3) is 0. The van der Waals surface area contributed by atoms with Gasteiger partial charge in [0.15, 0.2) is 0 Å². The Hall–Kier alpha value is -2.02. The van der Waals surface area contributed by atoms with E-state index < -0.39 is 16.0 Å². The fourth-order valence-corrected chi connectivity index (χ4v) is 2.20. The first-order chi connectivity index (χ1) is 7.49. The van der Waals surface area contributed by atoms with Gasteiger partial charge in [0.25, 0.3) is 10.0 Å². The topological polar surface area (TPSA) is 112 Å². The van der Waals surface area contributed by atoms with Crippen molar-refractivity contribution in [1.29, 1.82) is 0 Å². The van der Waals surface area contributed by atoms with E-state index in [1.807, 2.05) is 0 Å². The lowest BCUT2D eigenvalue weighted by molar-refractivity contribution is 0.598. The van der Waals surface area contributed by atoms with Crippen LogP contribution in [0.3, 0.4) is 0 Å². The highest BCUT2D eigenvalue weighted by molar-refractivity contribution is 7.90. The Balaban J connectivity index is 2.59. The predicted molar refractivity (Wildman–Crippen MR) is 59.2 cm³/mol. The molecule has 0 aliphatic rings. The molecule has 0 fully saturated rings. The summed E-state index contributed by atoms with van der Waals surface area (Å²) >= 11 is 0. The van der Waals surface area contributed by atoms with Gasteiger partial charge in [0.05, 0.1) is 11.2 Å². The van der Waals surface area contributed by atoms with E-state index in [2.05, 4.69) is 4.40 Å². The minimum Gasteiger partial charge on any atom is -0.464 e. The van der Waals surface area contributed by atoms with Crippen LogP contribution in [0.1, 0.15) is 0 Å². The maximum Gasteiger partial charge on any atom is 0.285 e. The van der Waals surface area contributed by atoms with Crippen molar-refractivity contribution in [2.45, 2.75) is 4.90 Å². The van der Waals surface area contributed by atoms with Gasteiger partial charge in [0.1, 0.15) is 5.58 Å². The van der Waals surface area contributed by atoms with Crippen LogP contribution in [0.25, 0.3) is 11.0 Å². The summed E-state index contributed by atoms with van der Waals surface area (Å²) in [5, 5.41) is 0.673. The van der Waals surface area contributed by atoms with Crippen molar-refractivity contribution in [3.63, 3.8) is 0 Å². The van der Waals surface area contributed by atoms with E-state index in [-0.39, 0.29) is 4.90 Å². The Morgan fingerprint density at radius 3 is 2.69 bits per heavy atom. The summed E-state index contributed by atoms with van der Waals surface area (Å²) < 4.78 is 31.5. The Morgan fingerprint density at radius 2 is 2.00 bits per heavy atom. The summed E-state index contributed by atoms with van der Waals surface area (Å²) in [5.74, 6) is -0.493. The van der Waals surface area contributed by atoms with E-state index >= 15 is 0 Å². The normalized spacial score (nSPS) is 11.5. The number of fused-ring (bicyclic) bond motifs is 1. The van der Waals surface area contributed by atoms with Crippen molar-refractivity contribution in [3.05, 3.63) is 30.5 Å². The maximum absolute atomic E-state index is 11.6. The third-order valence-electron chi connectivity index (χ3n) is 1.95. The van der Waals surface area contributed by atoms with Gasteiger partial charge in [-0.1, -0.05) is 0 Å². The molecule has 0 saturated heterocycles. The molecule has 0 spiro atoms. The molecule has 1 aromatic heterocycles. The summed E-state index contributed by atoms with van der Waals surface area (Å²) in [6, 6.07) is 6.03. The Bertz CT molecular complexity index is 653. The van der Waals surface area contributed by atoms with Gasteiger partial charge in [-0.2, -0.15) is 8.42 Å². The lowest BCUT2D eigenvalue weighted by Gasteiger charge is -1.98. The van der Waals surface area contributed by atoms with Crippen molar-refractivity contribution < 1.29 is 12.8 Å². The highest BCUT2D eigenvalue weighted by Crippen LogP contribution is 2.21. The van der Waals surface area contributed by atoms with E-state index in [9.17, 15) is 8.42 Å². The second-order valence-electron chi connectivity index (χ2n) is 3.11. The van der Waals surface area contributed by atoms with Crippen molar-refractivity contribution in [1.82, 2.24) is 0 Å². The third kappa shape index (κ3) is 1.84. The molecule has 0 atom stereocenters. The van der Waals surface area contributed by atoms with Crippen molar-refractivity contribution in [3.8, 4) is 0 Å². The molecule has 1 aromatic carbocycles. The molecule has 16 heavy (non-hydrogen) atoms. The van der Waals surface area contributed by atoms with Crippen molar-refractivity contribution >= 4 is 27.0 Å². The number of guanidine groups is 1. The third-order valence-corrected chi connectivity index (χ3v) is 3.25. The monoisotopic (exact) mass is 239 g/mol. The number of benzene rings is 1. The summed E-state index contributed by atoms with van der Waals surface area (Å²) in [6.07, 6.45) is 1.47. The van der Waals surface area contributed by atoms with Crippen LogP contribution in [-0.4, -0.2) is 14.4 Å². The highest BCUT2D eigenvalue weighted by Gasteiger charge is 2.13. The highest BCUT2D eigenvalue weighted by atomic mass is 32.2. The predicted octanol–water partition coefficient (Wildman–Crippen LogP) is 0.395. The number of nitrogens with two attached hydrogens (primary N) is 2. The maximum atomic E-state index is 11.6. The zero-order chi connectivity index (χ0) is 11.8. The standard InChI is InChI=1S/C9H9N3O3S/c10-9(11)12-16(13,14)7-1-2-8-6(5-7)3-4-15-8/h1-5H,(H4,10,11,12). The smallest absolute Gasteiger partial charge is 0.285 e. The second kappa shape index (κ2) is 3.53. The van der Waals surface area contributed by atoms with Crippen LogP contribution in [0.15, 0.2) is 44.2 Å². The molecule has 0 radical (unpaired) electrons. The Kier molecular flexibility index (Phi) is 2.31. The van der Waals surface area contributed by atoms with Crippen molar-refractivity contribution in [2.75, 3.05) is 0 Å². The van der Waals surface area contributed by atoms with Crippen LogP contribution < -0.4 is 11.5 Å². The number of nitrogens with zero attached hydrogens (tertiary/aromatic N) is 1. The Labute approximate surface area is 91.6 Å². The molecule has 6 nitrogen and oxygen atoms in total. The molecule has 2 rings (SSSR count). The largest absolute Gasteiger partial charge is 0.464 e. The van der Waals surface area contributed by atoms with E-state index in [0.717, 1.165) is 0 Å². The average Bonchev–Trinajstić information content (AvgIpc) is 2.61. The van der Waals surface area contributed by atoms with Gasteiger partial charge in [0, 0.05) is 5.39 Å². The van der Waals surface area contributed by atoms with Crippen molar-refractivity contribution in [2.24, 2.45) is 15.9 Å².